The molecule has 0 aliphatic heterocycles. The maximum Gasteiger partial charge on any atom is 0.247 e. The quantitative estimate of drug-likeness (QED) is 0.481. The highest BCUT2D eigenvalue weighted by Gasteiger charge is 2.23. The Morgan fingerprint density at radius 3 is 2.39 bits per heavy atom. The number of amides is 2. The summed E-state index contributed by atoms with van der Waals surface area (Å²) in [6.07, 6.45) is 3.22. The van der Waals surface area contributed by atoms with Gasteiger partial charge in [-0.05, 0) is 30.7 Å². The van der Waals surface area contributed by atoms with E-state index in [1.807, 2.05) is 61.5 Å². The maximum absolute atomic E-state index is 12.9. The first kappa shape index (κ1) is 24.3. The van der Waals surface area contributed by atoms with Gasteiger partial charge in [0.1, 0.15) is 12.4 Å². The van der Waals surface area contributed by atoms with E-state index in [9.17, 15) is 9.59 Å². The second kappa shape index (κ2) is 10.5. The van der Waals surface area contributed by atoms with Crippen molar-refractivity contribution in [2.45, 2.75) is 33.1 Å². The van der Waals surface area contributed by atoms with E-state index < -0.39 is 0 Å². The highest BCUT2D eigenvalue weighted by atomic mass is 35.5. The fourth-order valence-electron chi connectivity index (χ4n) is 3.18. The number of halogens is 1. The summed E-state index contributed by atoms with van der Waals surface area (Å²) in [6, 6.07) is 18.7. The lowest BCUT2D eigenvalue weighted by Gasteiger charge is -2.19. The van der Waals surface area contributed by atoms with Crippen molar-refractivity contribution in [2.75, 3.05) is 18.4 Å². The Balaban J connectivity index is 1.78. The normalized spacial score (nSPS) is 11.5. The molecule has 1 N–H and O–H groups in total. The van der Waals surface area contributed by atoms with Crippen LogP contribution in [0.25, 0.3) is 11.8 Å². The van der Waals surface area contributed by atoms with Crippen LogP contribution in [0.5, 0.6) is 0 Å². The predicted molar refractivity (Wildman–Crippen MR) is 134 cm³/mol. The van der Waals surface area contributed by atoms with E-state index in [-0.39, 0.29) is 23.8 Å². The van der Waals surface area contributed by atoms with Crippen LogP contribution in [0.15, 0.2) is 66.7 Å². The predicted octanol–water partition coefficient (Wildman–Crippen LogP) is 5.32. The van der Waals surface area contributed by atoms with Gasteiger partial charge in [-0.2, -0.15) is 5.10 Å². The smallest absolute Gasteiger partial charge is 0.247 e. The number of para-hydroxylation sites is 1. The number of benzene rings is 2. The minimum atomic E-state index is -0.313. The number of rotatable bonds is 7. The molecule has 0 saturated heterocycles. The van der Waals surface area contributed by atoms with Gasteiger partial charge in [0.15, 0.2) is 0 Å². The van der Waals surface area contributed by atoms with Gasteiger partial charge in [0, 0.05) is 24.1 Å². The Kier molecular flexibility index (Phi) is 7.71. The van der Waals surface area contributed by atoms with Crippen LogP contribution in [0.1, 0.15) is 39.0 Å². The van der Waals surface area contributed by atoms with Crippen LogP contribution < -0.4 is 5.32 Å². The van der Waals surface area contributed by atoms with Crippen LogP contribution in [0.4, 0.5) is 5.82 Å². The molecule has 0 fully saturated rings. The van der Waals surface area contributed by atoms with E-state index >= 15 is 0 Å². The standard InChI is InChI=1S/C26H29ClN4O2/c1-5-30(25(33)16-15-19-11-7-6-8-12-19)18-24(32)28-23-17-22(26(2,3)4)29-31(23)21-14-10-9-13-20(21)27/h6-17H,5,18H2,1-4H3,(H,28,32). The lowest BCUT2D eigenvalue weighted by atomic mass is 9.92. The zero-order chi connectivity index (χ0) is 24.0. The van der Waals surface area contributed by atoms with Crippen molar-refractivity contribution in [3.8, 4) is 5.69 Å². The molecule has 0 aliphatic carbocycles. The minimum absolute atomic E-state index is 0.0764. The SMILES string of the molecule is CCN(CC(=O)Nc1cc(C(C)(C)C)nn1-c1ccccc1Cl)C(=O)C=Cc1ccccc1. The molecule has 1 heterocycles. The number of hydrogen-bond acceptors (Lipinski definition) is 3. The number of nitrogens with zero attached hydrogens (tertiary/aromatic N) is 3. The summed E-state index contributed by atoms with van der Waals surface area (Å²) in [7, 11) is 0. The van der Waals surface area contributed by atoms with Crippen molar-refractivity contribution in [2.24, 2.45) is 0 Å². The van der Waals surface area contributed by atoms with Crippen LogP contribution in [-0.4, -0.2) is 39.6 Å². The van der Waals surface area contributed by atoms with Crippen LogP contribution in [-0.2, 0) is 15.0 Å². The molecule has 7 heteroatoms. The summed E-state index contributed by atoms with van der Waals surface area (Å²) in [5.41, 5.74) is 2.18. The van der Waals surface area contributed by atoms with Crippen molar-refractivity contribution in [3.63, 3.8) is 0 Å². The minimum Gasteiger partial charge on any atom is -0.330 e. The molecule has 172 valence electrons. The summed E-state index contributed by atoms with van der Waals surface area (Å²) in [4.78, 5) is 27.0. The number of nitrogens with one attached hydrogen (secondary N) is 1. The number of carbonyl (C=O) groups is 2. The van der Waals surface area contributed by atoms with Crippen molar-refractivity contribution in [1.82, 2.24) is 14.7 Å². The second-order valence-electron chi connectivity index (χ2n) is 8.67. The third-order valence-electron chi connectivity index (χ3n) is 5.07. The molecule has 33 heavy (non-hydrogen) atoms. The Morgan fingerprint density at radius 2 is 1.76 bits per heavy atom. The number of carbonyl (C=O) groups excluding carboxylic acids is 2. The summed E-state index contributed by atoms with van der Waals surface area (Å²) >= 11 is 6.39. The highest BCUT2D eigenvalue weighted by Crippen LogP contribution is 2.29. The molecule has 6 nitrogen and oxygen atoms in total. The van der Waals surface area contributed by atoms with Gasteiger partial charge in [-0.25, -0.2) is 4.68 Å². The van der Waals surface area contributed by atoms with Gasteiger partial charge >= 0.3 is 0 Å². The van der Waals surface area contributed by atoms with Gasteiger partial charge in [-0.3, -0.25) is 9.59 Å². The van der Waals surface area contributed by atoms with Gasteiger partial charge in [0.25, 0.3) is 0 Å². The zero-order valence-corrected chi connectivity index (χ0v) is 20.1. The van der Waals surface area contributed by atoms with Crippen LogP contribution in [0.2, 0.25) is 5.02 Å². The molecule has 0 aliphatic rings. The van der Waals surface area contributed by atoms with Gasteiger partial charge in [0.05, 0.1) is 16.4 Å². The first-order chi connectivity index (χ1) is 15.7. The molecular formula is C26H29ClN4O2. The number of anilines is 1. The van der Waals surface area contributed by atoms with Gasteiger partial charge in [0.2, 0.25) is 11.8 Å². The van der Waals surface area contributed by atoms with Crippen molar-refractivity contribution in [3.05, 3.63) is 83.0 Å². The average Bonchev–Trinajstić information content (AvgIpc) is 3.20. The summed E-state index contributed by atoms with van der Waals surface area (Å²) in [5, 5.41) is 8.12. The Morgan fingerprint density at radius 1 is 1.09 bits per heavy atom. The third-order valence-corrected chi connectivity index (χ3v) is 5.39. The average molecular weight is 465 g/mol. The van der Waals surface area contributed by atoms with E-state index in [0.717, 1.165) is 11.3 Å². The molecule has 3 rings (SSSR count). The molecule has 2 aromatic carbocycles. The lowest BCUT2D eigenvalue weighted by molar-refractivity contribution is -0.130. The summed E-state index contributed by atoms with van der Waals surface area (Å²) in [6.45, 7) is 8.32. The first-order valence-corrected chi connectivity index (χ1v) is 11.2. The molecule has 1 aromatic heterocycles. The van der Waals surface area contributed by atoms with Crippen molar-refractivity contribution < 1.29 is 9.59 Å². The molecular weight excluding hydrogens is 436 g/mol. The summed E-state index contributed by atoms with van der Waals surface area (Å²) in [5.74, 6) is -0.0418. The lowest BCUT2D eigenvalue weighted by Crippen LogP contribution is -2.37. The van der Waals surface area contributed by atoms with Gasteiger partial charge < -0.3 is 10.2 Å². The third kappa shape index (κ3) is 6.33. The molecule has 0 bridgehead atoms. The van der Waals surface area contributed by atoms with Crippen LogP contribution in [0, 0.1) is 0 Å². The monoisotopic (exact) mass is 464 g/mol. The molecule has 0 radical (unpaired) electrons. The van der Waals surface area contributed by atoms with Gasteiger partial charge in [-0.15, -0.1) is 0 Å². The number of aromatic nitrogens is 2. The first-order valence-electron chi connectivity index (χ1n) is 10.9. The van der Waals surface area contributed by atoms with Crippen molar-refractivity contribution >= 4 is 35.3 Å². The van der Waals surface area contributed by atoms with Crippen LogP contribution in [0.3, 0.4) is 0 Å². The molecule has 0 atom stereocenters. The maximum atomic E-state index is 12.9. The van der Waals surface area contributed by atoms with E-state index in [1.54, 1.807) is 16.8 Å². The largest absolute Gasteiger partial charge is 0.330 e. The molecule has 0 unspecified atom stereocenters. The fourth-order valence-corrected chi connectivity index (χ4v) is 3.40. The molecule has 0 spiro atoms. The Bertz CT molecular complexity index is 1150. The van der Waals surface area contributed by atoms with E-state index in [4.69, 9.17) is 11.6 Å². The molecule has 0 saturated carbocycles. The molecule has 2 amide bonds. The number of hydrogen-bond donors (Lipinski definition) is 1. The van der Waals surface area contributed by atoms with E-state index in [1.165, 1.54) is 11.0 Å². The Labute approximate surface area is 199 Å². The van der Waals surface area contributed by atoms with Crippen molar-refractivity contribution in [1.29, 1.82) is 0 Å². The van der Waals surface area contributed by atoms with Gasteiger partial charge in [-0.1, -0.05) is 74.8 Å². The topological polar surface area (TPSA) is 67.2 Å². The molecule has 3 aromatic rings. The zero-order valence-electron chi connectivity index (χ0n) is 19.4. The van der Waals surface area contributed by atoms with E-state index in [0.29, 0.717) is 23.1 Å². The second-order valence-corrected chi connectivity index (χ2v) is 9.08. The van der Waals surface area contributed by atoms with Crippen LogP contribution >= 0.6 is 11.6 Å². The fraction of sp³-hybridized carbons (Fsp3) is 0.269. The highest BCUT2D eigenvalue weighted by molar-refractivity contribution is 6.32. The Hall–Kier alpha value is -3.38. The summed E-state index contributed by atoms with van der Waals surface area (Å²) < 4.78 is 1.63. The van der Waals surface area contributed by atoms with E-state index in [2.05, 4.69) is 31.2 Å². The number of likely N-dealkylation sites (N-methyl/N-ethyl adjacent to an activating group) is 1.